The average molecular weight is 468 g/mol. The minimum atomic E-state index is -0.459. The van der Waals surface area contributed by atoms with Crippen molar-refractivity contribution in [2.45, 2.75) is 52.4 Å². The fourth-order valence-electron chi connectivity index (χ4n) is 3.55. The highest BCUT2D eigenvalue weighted by atomic mass is 16.6. The summed E-state index contributed by atoms with van der Waals surface area (Å²) in [6.07, 6.45) is 7.30. The Balaban J connectivity index is 1.67. The SMILES string of the molecule is C=C(C)C(=O)OCCOc1ccc2nn(O)nc2c1-c1ccc(OCCCCCCCC)cc1. The molecule has 0 radical (unpaired) electrons. The molecule has 0 aliphatic carbocycles. The van der Waals surface area contributed by atoms with Crippen molar-refractivity contribution in [2.75, 3.05) is 19.8 Å². The van der Waals surface area contributed by atoms with E-state index in [0.29, 0.717) is 39.5 Å². The minimum Gasteiger partial charge on any atom is -0.494 e. The number of carbonyl (C=O) groups is 1. The summed E-state index contributed by atoms with van der Waals surface area (Å²) in [5.41, 5.74) is 2.89. The van der Waals surface area contributed by atoms with Crippen LogP contribution < -0.4 is 9.47 Å². The third-order valence-corrected chi connectivity index (χ3v) is 5.34. The third kappa shape index (κ3) is 6.97. The van der Waals surface area contributed by atoms with Crippen molar-refractivity contribution in [3.05, 3.63) is 48.6 Å². The van der Waals surface area contributed by atoms with E-state index in [2.05, 4.69) is 23.7 Å². The van der Waals surface area contributed by atoms with Crippen LogP contribution in [-0.2, 0) is 9.53 Å². The molecule has 3 aromatic rings. The fourth-order valence-corrected chi connectivity index (χ4v) is 3.55. The summed E-state index contributed by atoms with van der Waals surface area (Å²) in [5, 5.41) is 17.8. The molecule has 8 heteroatoms. The zero-order chi connectivity index (χ0) is 24.3. The molecule has 8 nitrogen and oxygen atoms in total. The van der Waals surface area contributed by atoms with E-state index in [-0.39, 0.29) is 13.2 Å². The Morgan fingerprint density at radius 3 is 2.41 bits per heavy atom. The first-order valence-corrected chi connectivity index (χ1v) is 11.8. The first kappa shape index (κ1) is 25.1. The molecule has 0 bridgehead atoms. The molecule has 182 valence electrons. The predicted molar refractivity (Wildman–Crippen MR) is 130 cm³/mol. The number of aromatic nitrogens is 3. The van der Waals surface area contributed by atoms with E-state index in [9.17, 15) is 10.0 Å². The number of hydrogen-bond donors (Lipinski definition) is 1. The van der Waals surface area contributed by atoms with Gasteiger partial charge >= 0.3 is 5.97 Å². The highest BCUT2D eigenvalue weighted by Crippen LogP contribution is 2.36. The third-order valence-electron chi connectivity index (χ3n) is 5.34. The van der Waals surface area contributed by atoms with Gasteiger partial charge in [-0.15, -0.1) is 10.2 Å². The van der Waals surface area contributed by atoms with E-state index in [1.165, 1.54) is 32.1 Å². The zero-order valence-electron chi connectivity index (χ0n) is 20.0. The Morgan fingerprint density at radius 1 is 0.941 bits per heavy atom. The Morgan fingerprint density at radius 2 is 1.68 bits per heavy atom. The van der Waals surface area contributed by atoms with Crippen LogP contribution in [0.1, 0.15) is 52.4 Å². The van der Waals surface area contributed by atoms with Crippen molar-refractivity contribution in [3.63, 3.8) is 0 Å². The van der Waals surface area contributed by atoms with Gasteiger partial charge in [0.25, 0.3) is 0 Å². The molecule has 2 aromatic carbocycles. The number of nitrogens with zero attached hydrogens (tertiary/aromatic N) is 3. The normalized spacial score (nSPS) is 10.9. The highest BCUT2D eigenvalue weighted by Gasteiger charge is 2.16. The molecule has 0 aliphatic rings. The molecular weight excluding hydrogens is 434 g/mol. The fraction of sp³-hybridized carbons (Fsp3) is 0.423. The van der Waals surface area contributed by atoms with Crippen LogP contribution in [0.15, 0.2) is 48.6 Å². The molecule has 0 aliphatic heterocycles. The molecule has 0 amide bonds. The Bertz CT molecular complexity index is 1090. The number of hydrogen-bond acceptors (Lipinski definition) is 7. The first-order chi connectivity index (χ1) is 16.5. The monoisotopic (exact) mass is 467 g/mol. The van der Waals surface area contributed by atoms with Gasteiger partial charge in [-0.05, 0) is 48.1 Å². The van der Waals surface area contributed by atoms with E-state index in [1.807, 2.05) is 24.3 Å². The second kappa shape index (κ2) is 12.6. The van der Waals surface area contributed by atoms with Crippen molar-refractivity contribution < 1.29 is 24.2 Å². The van der Waals surface area contributed by atoms with Crippen LogP contribution in [0.2, 0.25) is 0 Å². The molecule has 3 rings (SSSR count). The van der Waals surface area contributed by atoms with Gasteiger partial charge in [-0.2, -0.15) is 0 Å². The summed E-state index contributed by atoms with van der Waals surface area (Å²) in [6.45, 7) is 8.30. The molecule has 1 N–H and O–H groups in total. The van der Waals surface area contributed by atoms with Gasteiger partial charge in [0.15, 0.2) is 0 Å². The second-order valence-electron chi connectivity index (χ2n) is 8.18. The van der Waals surface area contributed by atoms with Gasteiger partial charge in [-0.3, -0.25) is 0 Å². The van der Waals surface area contributed by atoms with Crippen LogP contribution in [0.25, 0.3) is 22.2 Å². The summed E-state index contributed by atoms with van der Waals surface area (Å²) in [6, 6.07) is 11.1. The number of carbonyl (C=O) groups excluding carboxylic acids is 1. The Kier molecular flexibility index (Phi) is 9.31. The van der Waals surface area contributed by atoms with Crippen LogP contribution in [-0.4, -0.2) is 46.2 Å². The highest BCUT2D eigenvalue weighted by molar-refractivity contribution is 5.95. The number of esters is 1. The lowest BCUT2D eigenvalue weighted by atomic mass is 10.0. The van der Waals surface area contributed by atoms with Crippen molar-refractivity contribution in [2.24, 2.45) is 0 Å². The van der Waals surface area contributed by atoms with Gasteiger partial charge in [0.05, 0.1) is 12.2 Å². The van der Waals surface area contributed by atoms with Crippen LogP contribution >= 0.6 is 0 Å². The lowest BCUT2D eigenvalue weighted by Crippen LogP contribution is -2.12. The van der Waals surface area contributed by atoms with Gasteiger partial charge in [0, 0.05) is 5.57 Å². The van der Waals surface area contributed by atoms with Gasteiger partial charge in [0.1, 0.15) is 35.7 Å². The summed E-state index contributed by atoms with van der Waals surface area (Å²) in [7, 11) is 0. The standard InChI is InChI=1S/C26H33N3O5/c1-4-5-6-7-8-9-16-32-21-12-10-20(11-13-21)24-23(33-17-18-34-26(30)19(2)3)15-14-22-25(24)28-29(31)27-22/h10-15,31H,2,4-9,16-18H2,1,3H3. The maximum absolute atomic E-state index is 11.6. The lowest BCUT2D eigenvalue weighted by molar-refractivity contribution is -0.139. The molecule has 0 spiro atoms. The topological polar surface area (TPSA) is 95.7 Å². The van der Waals surface area contributed by atoms with Gasteiger partial charge < -0.3 is 19.4 Å². The molecule has 34 heavy (non-hydrogen) atoms. The lowest BCUT2D eigenvalue weighted by Gasteiger charge is -2.13. The smallest absolute Gasteiger partial charge is 0.333 e. The van der Waals surface area contributed by atoms with E-state index in [4.69, 9.17) is 14.2 Å². The Hall–Kier alpha value is -3.55. The summed E-state index contributed by atoms with van der Waals surface area (Å²) >= 11 is 0. The molecule has 1 aromatic heterocycles. The minimum absolute atomic E-state index is 0.0844. The zero-order valence-corrected chi connectivity index (χ0v) is 20.0. The molecule has 1 heterocycles. The van der Waals surface area contributed by atoms with E-state index < -0.39 is 5.97 Å². The quantitative estimate of drug-likeness (QED) is 0.143. The number of ether oxygens (including phenoxy) is 3. The Labute approximate surface area is 200 Å². The van der Waals surface area contributed by atoms with Crippen molar-refractivity contribution in [1.82, 2.24) is 15.2 Å². The van der Waals surface area contributed by atoms with Gasteiger partial charge in [-0.1, -0.05) is 57.7 Å². The first-order valence-electron chi connectivity index (χ1n) is 11.8. The van der Waals surface area contributed by atoms with Crippen LogP contribution in [0.5, 0.6) is 11.5 Å². The average Bonchev–Trinajstić information content (AvgIpc) is 3.21. The summed E-state index contributed by atoms with van der Waals surface area (Å²) in [5.74, 6) is 0.878. The van der Waals surface area contributed by atoms with E-state index in [1.54, 1.807) is 19.1 Å². The summed E-state index contributed by atoms with van der Waals surface area (Å²) < 4.78 is 16.9. The molecule has 0 unspecified atom stereocenters. The number of unbranched alkanes of at least 4 members (excludes halogenated alkanes) is 5. The maximum Gasteiger partial charge on any atom is 0.333 e. The number of benzene rings is 2. The van der Waals surface area contributed by atoms with Gasteiger partial charge in [0.2, 0.25) is 0 Å². The van der Waals surface area contributed by atoms with Gasteiger partial charge in [-0.25, -0.2) is 4.79 Å². The number of fused-ring (bicyclic) bond motifs is 1. The van der Waals surface area contributed by atoms with Crippen molar-refractivity contribution in [1.29, 1.82) is 0 Å². The maximum atomic E-state index is 11.6. The molecule has 0 saturated carbocycles. The molecule has 0 fully saturated rings. The van der Waals surface area contributed by atoms with Crippen LogP contribution in [0.4, 0.5) is 0 Å². The van der Waals surface area contributed by atoms with E-state index in [0.717, 1.165) is 17.7 Å². The largest absolute Gasteiger partial charge is 0.494 e. The molecule has 0 saturated heterocycles. The van der Waals surface area contributed by atoms with Crippen LogP contribution in [0, 0.1) is 0 Å². The predicted octanol–water partition coefficient (Wildman–Crippen LogP) is 5.57. The second-order valence-corrected chi connectivity index (χ2v) is 8.18. The molecule has 0 atom stereocenters. The van der Waals surface area contributed by atoms with Crippen LogP contribution in [0.3, 0.4) is 0 Å². The summed E-state index contributed by atoms with van der Waals surface area (Å²) in [4.78, 5) is 12.1. The molecular formula is C26H33N3O5. The number of rotatable bonds is 14. The van der Waals surface area contributed by atoms with E-state index >= 15 is 0 Å². The van der Waals surface area contributed by atoms with Crippen molar-refractivity contribution in [3.8, 4) is 22.6 Å². The van der Waals surface area contributed by atoms with Crippen molar-refractivity contribution >= 4 is 17.0 Å².